The molecule has 1 aliphatic carbocycles. The van der Waals surface area contributed by atoms with Crippen molar-refractivity contribution in [3.63, 3.8) is 0 Å². The maximum atomic E-state index is 12.6. The minimum absolute atomic E-state index is 0.0229. The molecule has 0 radical (unpaired) electrons. The van der Waals surface area contributed by atoms with Gasteiger partial charge in [-0.3, -0.25) is 0 Å². The normalized spacial score (nSPS) is 23.0. The van der Waals surface area contributed by atoms with E-state index in [2.05, 4.69) is 10.1 Å². The van der Waals surface area contributed by atoms with E-state index in [9.17, 15) is 8.42 Å². The molecule has 22 heavy (non-hydrogen) atoms. The molecule has 1 aromatic heterocycles. The number of hydrogen-bond donors (Lipinski definition) is 0. The molecular weight excluding hydrogens is 302 g/mol. The van der Waals surface area contributed by atoms with Crippen LogP contribution >= 0.6 is 0 Å². The average molecular weight is 319 g/mol. The Morgan fingerprint density at radius 1 is 1.09 bits per heavy atom. The Labute approximate surface area is 129 Å². The largest absolute Gasteiger partial charge is 0.339 e. The molecule has 0 N–H and O–H groups in total. The van der Waals surface area contributed by atoms with E-state index >= 15 is 0 Å². The van der Waals surface area contributed by atoms with Crippen molar-refractivity contribution in [2.75, 3.05) is 13.1 Å². The molecule has 116 valence electrons. The third-order valence-electron chi connectivity index (χ3n) is 4.28. The number of rotatable bonds is 4. The minimum atomic E-state index is -3.43. The van der Waals surface area contributed by atoms with Gasteiger partial charge in [-0.2, -0.15) is 9.29 Å². The Morgan fingerprint density at radius 3 is 2.59 bits per heavy atom. The molecule has 1 atom stereocenters. The van der Waals surface area contributed by atoms with E-state index in [4.69, 9.17) is 4.52 Å². The van der Waals surface area contributed by atoms with Gasteiger partial charge >= 0.3 is 0 Å². The molecule has 4 rings (SSSR count). The van der Waals surface area contributed by atoms with E-state index in [1.165, 1.54) is 4.31 Å². The smallest absolute Gasteiger partial charge is 0.243 e. The van der Waals surface area contributed by atoms with Crippen molar-refractivity contribution in [2.24, 2.45) is 0 Å². The van der Waals surface area contributed by atoms with Gasteiger partial charge in [-0.25, -0.2) is 8.42 Å². The molecule has 7 heteroatoms. The van der Waals surface area contributed by atoms with Crippen LogP contribution < -0.4 is 0 Å². The molecule has 2 fully saturated rings. The van der Waals surface area contributed by atoms with E-state index in [1.54, 1.807) is 24.3 Å². The highest BCUT2D eigenvalue weighted by Crippen LogP contribution is 2.40. The zero-order valence-electron chi connectivity index (χ0n) is 12.1. The first-order valence-electron chi connectivity index (χ1n) is 7.53. The van der Waals surface area contributed by atoms with Gasteiger partial charge in [0.15, 0.2) is 5.82 Å². The lowest BCUT2D eigenvalue weighted by atomic mass is 10.1. The number of hydrogen-bond acceptors (Lipinski definition) is 5. The van der Waals surface area contributed by atoms with Crippen LogP contribution in [0.2, 0.25) is 0 Å². The Bertz CT molecular complexity index is 768. The van der Waals surface area contributed by atoms with Gasteiger partial charge in [0.05, 0.1) is 4.90 Å². The molecule has 1 saturated heterocycles. The van der Waals surface area contributed by atoms with Gasteiger partial charge in [0, 0.05) is 24.9 Å². The second kappa shape index (κ2) is 5.17. The molecule has 1 unspecified atom stereocenters. The van der Waals surface area contributed by atoms with Crippen molar-refractivity contribution in [1.82, 2.24) is 14.4 Å². The van der Waals surface area contributed by atoms with Crippen LogP contribution in [0.1, 0.15) is 42.8 Å². The van der Waals surface area contributed by atoms with E-state index in [0.717, 1.165) is 19.3 Å². The zero-order chi connectivity index (χ0) is 15.2. The predicted molar refractivity (Wildman–Crippen MR) is 78.8 cm³/mol. The van der Waals surface area contributed by atoms with Gasteiger partial charge in [0.2, 0.25) is 15.9 Å². The summed E-state index contributed by atoms with van der Waals surface area (Å²) in [7, 11) is -3.43. The summed E-state index contributed by atoms with van der Waals surface area (Å²) in [5.74, 6) is 1.80. The van der Waals surface area contributed by atoms with Gasteiger partial charge in [-0.15, -0.1) is 0 Å². The fraction of sp³-hybridized carbons (Fsp3) is 0.467. The summed E-state index contributed by atoms with van der Waals surface area (Å²) in [6.07, 6.45) is 2.96. The third-order valence-corrected chi connectivity index (χ3v) is 6.16. The Kier molecular flexibility index (Phi) is 3.27. The molecule has 1 saturated carbocycles. The quantitative estimate of drug-likeness (QED) is 0.863. The van der Waals surface area contributed by atoms with Gasteiger partial charge in [0.25, 0.3) is 0 Å². The highest BCUT2D eigenvalue weighted by Gasteiger charge is 2.36. The highest BCUT2D eigenvalue weighted by atomic mass is 32.2. The topological polar surface area (TPSA) is 76.3 Å². The molecule has 0 amide bonds. The number of sulfonamides is 1. The fourth-order valence-electron chi connectivity index (χ4n) is 2.81. The van der Waals surface area contributed by atoms with Crippen LogP contribution in [0.25, 0.3) is 0 Å². The highest BCUT2D eigenvalue weighted by molar-refractivity contribution is 7.89. The van der Waals surface area contributed by atoms with Gasteiger partial charge < -0.3 is 4.52 Å². The summed E-state index contributed by atoms with van der Waals surface area (Å²) in [6, 6.07) is 8.54. The van der Waals surface area contributed by atoms with Gasteiger partial charge in [0.1, 0.15) is 0 Å². The standard InChI is InChI=1S/C15H17N3O3S/c19-22(20,13-4-2-1-3-5-13)18-9-8-12(10-18)14-16-15(21-17-14)11-6-7-11/h1-5,11-12H,6-10H2. The van der Waals surface area contributed by atoms with Crippen molar-refractivity contribution in [3.05, 3.63) is 42.0 Å². The first-order valence-corrected chi connectivity index (χ1v) is 8.97. The summed E-state index contributed by atoms with van der Waals surface area (Å²) < 4.78 is 32.0. The Morgan fingerprint density at radius 2 is 1.86 bits per heavy atom. The lowest BCUT2D eigenvalue weighted by Crippen LogP contribution is -2.28. The lowest BCUT2D eigenvalue weighted by Gasteiger charge is -2.15. The van der Waals surface area contributed by atoms with E-state index in [-0.39, 0.29) is 5.92 Å². The van der Waals surface area contributed by atoms with Crippen LogP contribution in [0.15, 0.2) is 39.8 Å². The summed E-state index contributed by atoms with van der Waals surface area (Å²) in [4.78, 5) is 4.78. The lowest BCUT2D eigenvalue weighted by molar-refractivity contribution is 0.370. The van der Waals surface area contributed by atoms with Gasteiger partial charge in [-0.05, 0) is 31.4 Å². The zero-order valence-corrected chi connectivity index (χ0v) is 12.9. The van der Waals surface area contributed by atoms with Crippen LogP contribution in [0.4, 0.5) is 0 Å². The first-order chi connectivity index (χ1) is 10.6. The van der Waals surface area contributed by atoms with Crippen molar-refractivity contribution in [3.8, 4) is 0 Å². The number of nitrogens with zero attached hydrogens (tertiary/aromatic N) is 3. The van der Waals surface area contributed by atoms with Crippen molar-refractivity contribution >= 4 is 10.0 Å². The van der Waals surface area contributed by atoms with E-state index in [0.29, 0.717) is 35.6 Å². The second-order valence-electron chi connectivity index (χ2n) is 5.93. The molecule has 1 aromatic carbocycles. The molecule has 2 heterocycles. The molecule has 1 aliphatic heterocycles. The summed E-state index contributed by atoms with van der Waals surface area (Å²) >= 11 is 0. The second-order valence-corrected chi connectivity index (χ2v) is 7.86. The van der Waals surface area contributed by atoms with E-state index in [1.807, 2.05) is 6.07 Å². The fourth-order valence-corrected chi connectivity index (χ4v) is 4.33. The maximum Gasteiger partial charge on any atom is 0.243 e. The molecule has 2 aromatic rings. The Balaban J connectivity index is 1.52. The minimum Gasteiger partial charge on any atom is -0.339 e. The van der Waals surface area contributed by atoms with Crippen LogP contribution in [-0.4, -0.2) is 36.0 Å². The van der Waals surface area contributed by atoms with E-state index < -0.39 is 10.0 Å². The number of benzene rings is 1. The van der Waals surface area contributed by atoms with Crippen LogP contribution in [-0.2, 0) is 10.0 Å². The third kappa shape index (κ3) is 2.44. The SMILES string of the molecule is O=S(=O)(c1ccccc1)N1CCC(c2noc(C3CC3)n2)C1. The van der Waals surface area contributed by atoms with Crippen LogP contribution in [0.5, 0.6) is 0 Å². The average Bonchev–Trinajstić information content (AvgIpc) is 3.06. The van der Waals surface area contributed by atoms with Crippen LogP contribution in [0, 0.1) is 0 Å². The maximum absolute atomic E-state index is 12.6. The molecule has 6 nitrogen and oxygen atoms in total. The van der Waals surface area contributed by atoms with Crippen LogP contribution in [0.3, 0.4) is 0 Å². The number of aromatic nitrogens is 2. The van der Waals surface area contributed by atoms with Crippen molar-refractivity contribution in [1.29, 1.82) is 0 Å². The summed E-state index contributed by atoms with van der Waals surface area (Å²) in [5, 5.41) is 4.04. The summed E-state index contributed by atoms with van der Waals surface area (Å²) in [6.45, 7) is 0.913. The van der Waals surface area contributed by atoms with Crippen molar-refractivity contribution < 1.29 is 12.9 Å². The molecule has 0 bridgehead atoms. The molecule has 0 spiro atoms. The predicted octanol–water partition coefficient (Wildman–Crippen LogP) is 2.13. The summed E-state index contributed by atoms with van der Waals surface area (Å²) in [5.41, 5.74) is 0. The first kappa shape index (κ1) is 13.9. The van der Waals surface area contributed by atoms with Gasteiger partial charge in [-0.1, -0.05) is 23.4 Å². The monoisotopic (exact) mass is 319 g/mol. The molecular formula is C15H17N3O3S. The van der Waals surface area contributed by atoms with Crippen molar-refractivity contribution in [2.45, 2.75) is 36.0 Å². The Hall–Kier alpha value is -1.73. The molecule has 2 aliphatic rings.